The number of ether oxygens (including phenoxy) is 1. The highest BCUT2D eigenvalue weighted by Crippen LogP contribution is 2.15. The lowest BCUT2D eigenvalue weighted by Crippen LogP contribution is -2.32. The van der Waals surface area contributed by atoms with Crippen molar-refractivity contribution in [3.8, 4) is 5.75 Å². The quantitative estimate of drug-likeness (QED) is 0.315. The minimum absolute atomic E-state index is 0.129. The van der Waals surface area contributed by atoms with Crippen LogP contribution in [0.15, 0.2) is 29.4 Å². The van der Waals surface area contributed by atoms with Crippen molar-refractivity contribution in [1.29, 1.82) is 0 Å². The fourth-order valence-electron chi connectivity index (χ4n) is 1.15. The summed E-state index contributed by atoms with van der Waals surface area (Å²) in [6.07, 6.45) is 0. The molecule has 17 heavy (non-hydrogen) atoms. The van der Waals surface area contributed by atoms with Gasteiger partial charge in [-0.25, -0.2) is 0 Å². The van der Waals surface area contributed by atoms with Crippen LogP contribution < -0.4 is 15.8 Å². The Labute approximate surface area is 99.1 Å². The van der Waals surface area contributed by atoms with Crippen LogP contribution in [-0.4, -0.2) is 24.1 Å². The summed E-state index contributed by atoms with van der Waals surface area (Å²) < 4.78 is 4.99. The van der Waals surface area contributed by atoms with E-state index in [0.29, 0.717) is 11.4 Å². The van der Waals surface area contributed by atoms with E-state index in [2.05, 4.69) is 10.5 Å². The average molecular weight is 237 g/mol. The highest BCUT2D eigenvalue weighted by Gasteiger charge is 2.17. The second-order valence-electron chi connectivity index (χ2n) is 3.46. The van der Waals surface area contributed by atoms with Crippen molar-refractivity contribution in [2.75, 3.05) is 12.4 Å². The van der Waals surface area contributed by atoms with Gasteiger partial charge in [-0.2, -0.15) is 0 Å². The Bertz CT molecular complexity index is 414. The number of hydrogen-bond donors (Lipinski definition) is 3. The summed E-state index contributed by atoms with van der Waals surface area (Å²) in [5.74, 6) is -0.462. The number of nitrogens with one attached hydrogen (secondary N) is 1. The number of oxime groups is 1. The van der Waals surface area contributed by atoms with Crippen LogP contribution in [0.25, 0.3) is 0 Å². The number of amidine groups is 1. The van der Waals surface area contributed by atoms with Crippen LogP contribution in [0.4, 0.5) is 5.69 Å². The van der Waals surface area contributed by atoms with Gasteiger partial charge in [-0.05, 0) is 31.2 Å². The number of carbonyl (C=O) groups is 1. The average Bonchev–Trinajstić information content (AvgIpc) is 2.37. The number of nitrogens with two attached hydrogens (primary N) is 1. The topological polar surface area (TPSA) is 96.9 Å². The largest absolute Gasteiger partial charge is 0.497 e. The first-order valence-corrected chi connectivity index (χ1v) is 5.00. The molecule has 0 radical (unpaired) electrons. The molecule has 0 fully saturated rings. The molecule has 1 rings (SSSR count). The molecule has 1 atom stereocenters. The zero-order chi connectivity index (χ0) is 12.8. The molecule has 0 spiro atoms. The molecule has 4 N–H and O–H groups in total. The van der Waals surface area contributed by atoms with Crippen LogP contribution in [0.2, 0.25) is 0 Å². The van der Waals surface area contributed by atoms with Gasteiger partial charge in [0.15, 0.2) is 5.84 Å². The van der Waals surface area contributed by atoms with Crippen LogP contribution in [0.5, 0.6) is 5.75 Å². The predicted molar refractivity (Wildman–Crippen MR) is 64.2 cm³/mol. The van der Waals surface area contributed by atoms with Crippen molar-refractivity contribution in [3.63, 3.8) is 0 Å². The first-order valence-electron chi connectivity index (χ1n) is 5.00. The maximum atomic E-state index is 11.7. The third kappa shape index (κ3) is 3.37. The van der Waals surface area contributed by atoms with Gasteiger partial charge >= 0.3 is 0 Å². The van der Waals surface area contributed by atoms with E-state index >= 15 is 0 Å². The van der Waals surface area contributed by atoms with Gasteiger partial charge in [0.1, 0.15) is 5.75 Å². The van der Waals surface area contributed by atoms with E-state index in [1.54, 1.807) is 38.3 Å². The van der Waals surface area contributed by atoms with Crippen LogP contribution >= 0.6 is 0 Å². The Morgan fingerprint density at radius 2 is 2.06 bits per heavy atom. The number of methoxy groups -OCH3 is 1. The van der Waals surface area contributed by atoms with Crippen molar-refractivity contribution in [2.45, 2.75) is 6.92 Å². The number of carbonyl (C=O) groups excluding carboxylic acids is 1. The molecule has 1 aromatic rings. The molecule has 6 heteroatoms. The molecular weight excluding hydrogens is 222 g/mol. The van der Waals surface area contributed by atoms with Crippen LogP contribution in [0.3, 0.4) is 0 Å². The summed E-state index contributed by atoms with van der Waals surface area (Å²) in [5.41, 5.74) is 5.95. The van der Waals surface area contributed by atoms with Gasteiger partial charge in [-0.1, -0.05) is 5.16 Å². The molecule has 0 bridgehead atoms. The monoisotopic (exact) mass is 237 g/mol. The molecule has 0 aromatic heterocycles. The number of nitrogens with zero attached hydrogens (tertiary/aromatic N) is 1. The van der Waals surface area contributed by atoms with Crippen LogP contribution in [0.1, 0.15) is 6.92 Å². The summed E-state index contributed by atoms with van der Waals surface area (Å²) in [6.45, 7) is 1.55. The van der Waals surface area contributed by atoms with Gasteiger partial charge in [-0.3, -0.25) is 4.79 Å². The van der Waals surface area contributed by atoms with Gasteiger partial charge in [0.2, 0.25) is 5.91 Å². The van der Waals surface area contributed by atoms with Crippen molar-refractivity contribution in [3.05, 3.63) is 24.3 Å². The Hall–Kier alpha value is -2.24. The molecule has 0 aliphatic heterocycles. The molecule has 0 saturated carbocycles. The molecule has 92 valence electrons. The fourth-order valence-corrected chi connectivity index (χ4v) is 1.15. The first-order chi connectivity index (χ1) is 8.08. The second kappa shape index (κ2) is 5.74. The lowest BCUT2D eigenvalue weighted by Gasteiger charge is -2.10. The minimum atomic E-state index is -0.692. The molecule has 1 aromatic carbocycles. The van der Waals surface area contributed by atoms with Gasteiger partial charge < -0.3 is 21.0 Å². The van der Waals surface area contributed by atoms with Crippen molar-refractivity contribution in [2.24, 2.45) is 16.8 Å². The Kier molecular flexibility index (Phi) is 4.33. The molecule has 1 amide bonds. The minimum Gasteiger partial charge on any atom is -0.497 e. The lowest BCUT2D eigenvalue weighted by molar-refractivity contribution is -0.117. The molecule has 0 heterocycles. The predicted octanol–water partition coefficient (Wildman–Crippen LogP) is 1.02. The number of rotatable bonds is 4. The number of hydrogen-bond acceptors (Lipinski definition) is 4. The van der Waals surface area contributed by atoms with Crippen molar-refractivity contribution < 1.29 is 14.7 Å². The third-order valence-corrected chi connectivity index (χ3v) is 2.31. The molecule has 1 unspecified atom stereocenters. The molecule has 0 aliphatic rings. The van der Waals surface area contributed by atoms with E-state index in [-0.39, 0.29) is 11.7 Å². The molecular formula is C11H15N3O3. The fraction of sp³-hybridized carbons (Fsp3) is 0.273. The highest BCUT2D eigenvalue weighted by molar-refractivity contribution is 6.07. The number of anilines is 1. The van der Waals surface area contributed by atoms with Crippen LogP contribution in [-0.2, 0) is 4.79 Å². The standard InChI is InChI=1S/C11H15N3O3/c1-7(10(12)14-16)11(15)13-8-3-5-9(17-2)6-4-8/h3-7,16H,1-2H3,(H2,12,14)(H,13,15). The second-order valence-corrected chi connectivity index (χ2v) is 3.46. The smallest absolute Gasteiger partial charge is 0.234 e. The Morgan fingerprint density at radius 3 is 2.53 bits per heavy atom. The lowest BCUT2D eigenvalue weighted by atomic mass is 10.1. The Morgan fingerprint density at radius 1 is 1.47 bits per heavy atom. The summed E-state index contributed by atoms with van der Waals surface area (Å²) >= 11 is 0. The summed E-state index contributed by atoms with van der Waals surface area (Å²) in [4.78, 5) is 11.7. The highest BCUT2D eigenvalue weighted by atomic mass is 16.5. The Balaban J connectivity index is 2.67. The van der Waals surface area contributed by atoms with E-state index in [9.17, 15) is 4.79 Å². The number of amides is 1. The van der Waals surface area contributed by atoms with E-state index in [4.69, 9.17) is 15.7 Å². The van der Waals surface area contributed by atoms with E-state index in [1.807, 2.05) is 0 Å². The van der Waals surface area contributed by atoms with Crippen molar-refractivity contribution >= 4 is 17.4 Å². The maximum absolute atomic E-state index is 11.7. The normalized spacial score (nSPS) is 12.9. The summed E-state index contributed by atoms with van der Waals surface area (Å²) in [6, 6.07) is 6.86. The molecule has 0 saturated heterocycles. The third-order valence-electron chi connectivity index (χ3n) is 2.31. The SMILES string of the molecule is COc1ccc(NC(=O)C(C)C(N)=NO)cc1. The van der Waals surface area contributed by atoms with Crippen molar-refractivity contribution in [1.82, 2.24) is 0 Å². The first kappa shape index (κ1) is 12.8. The van der Waals surface area contributed by atoms with Gasteiger partial charge in [0.05, 0.1) is 13.0 Å². The van der Waals surface area contributed by atoms with Gasteiger partial charge in [0.25, 0.3) is 0 Å². The van der Waals surface area contributed by atoms with Gasteiger partial charge in [-0.15, -0.1) is 0 Å². The maximum Gasteiger partial charge on any atom is 0.234 e. The molecule has 0 aliphatic carbocycles. The summed E-state index contributed by atoms with van der Waals surface area (Å²) in [5, 5.41) is 13.9. The van der Waals surface area contributed by atoms with E-state index in [0.717, 1.165) is 0 Å². The van der Waals surface area contributed by atoms with E-state index in [1.165, 1.54) is 0 Å². The number of benzene rings is 1. The summed E-state index contributed by atoms with van der Waals surface area (Å²) in [7, 11) is 1.56. The van der Waals surface area contributed by atoms with Gasteiger partial charge in [0, 0.05) is 5.69 Å². The zero-order valence-electron chi connectivity index (χ0n) is 9.68. The van der Waals surface area contributed by atoms with E-state index < -0.39 is 5.92 Å². The zero-order valence-corrected chi connectivity index (χ0v) is 9.68. The van der Waals surface area contributed by atoms with Crippen LogP contribution in [0, 0.1) is 5.92 Å². The molecule has 6 nitrogen and oxygen atoms in total.